The molecule has 0 aromatic carbocycles. The number of carbonyl (C=O) groups excluding carboxylic acids is 1. The first-order valence-electron chi connectivity index (χ1n) is 5.63. The van der Waals surface area contributed by atoms with Gasteiger partial charge in [-0.05, 0) is 28.8 Å². The Morgan fingerprint density at radius 1 is 1.56 bits per heavy atom. The van der Waals surface area contributed by atoms with Crippen molar-refractivity contribution in [2.75, 3.05) is 6.54 Å². The predicted octanol–water partition coefficient (Wildman–Crippen LogP) is 2.20. The van der Waals surface area contributed by atoms with Crippen LogP contribution < -0.4 is 5.32 Å². The largest absolute Gasteiger partial charge is 0.354 e. The molecule has 5 heteroatoms. The summed E-state index contributed by atoms with van der Waals surface area (Å²) in [6.45, 7) is 5.41. The molecule has 1 rings (SSSR count). The van der Waals surface area contributed by atoms with Crippen molar-refractivity contribution < 1.29 is 4.79 Å². The second kappa shape index (κ2) is 6.68. The van der Waals surface area contributed by atoms with Gasteiger partial charge in [-0.1, -0.05) is 13.8 Å². The Kier molecular flexibility index (Phi) is 5.52. The molecule has 0 aliphatic heterocycles. The lowest BCUT2D eigenvalue weighted by Crippen LogP contribution is -2.32. The van der Waals surface area contributed by atoms with E-state index in [-0.39, 0.29) is 11.8 Å². The summed E-state index contributed by atoms with van der Waals surface area (Å²) < 4.78 is 2.76. The second-order valence-corrected chi connectivity index (χ2v) is 4.64. The lowest BCUT2D eigenvalue weighted by Gasteiger charge is -2.12. The van der Waals surface area contributed by atoms with Crippen molar-refractivity contribution in [1.29, 1.82) is 0 Å². The van der Waals surface area contributed by atoms with Crippen LogP contribution in [0.25, 0.3) is 0 Å². The number of halogens is 1. The highest BCUT2D eigenvalue weighted by atomic mass is 79.9. The molecule has 1 heterocycles. The number of hydrogen-bond acceptors (Lipinski definition) is 2. The third kappa shape index (κ3) is 3.96. The Morgan fingerprint density at radius 2 is 2.25 bits per heavy atom. The molecule has 0 spiro atoms. The van der Waals surface area contributed by atoms with E-state index in [4.69, 9.17) is 0 Å². The Morgan fingerprint density at radius 3 is 2.75 bits per heavy atom. The Labute approximate surface area is 105 Å². The fourth-order valence-electron chi connectivity index (χ4n) is 1.56. The Balaban J connectivity index is 2.27. The fourth-order valence-corrected chi connectivity index (χ4v) is 1.89. The summed E-state index contributed by atoms with van der Waals surface area (Å²) in [5.41, 5.74) is 0. The topological polar surface area (TPSA) is 46.9 Å². The molecule has 0 atom stereocenters. The van der Waals surface area contributed by atoms with E-state index in [1.165, 1.54) is 0 Å². The van der Waals surface area contributed by atoms with Crippen molar-refractivity contribution in [3.63, 3.8) is 0 Å². The van der Waals surface area contributed by atoms with Gasteiger partial charge in [0.25, 0.3) is 0 Å². The number of carbonyl (C=O) groups is 1. The molecule has 1 N–H and O–H groups in total. The first-order chi connectivity index (χ1) is 7.67. The maximum Gasteiger partial charge on any atom is 0.223 e. The normalized spacial score (nSPS) is 10.8. The summed E-state index contributed by atoms with van der Waals surface area (Å²) in [5, 5.41) is 7.04. The molecule has 0 unspecified atom stereocenters. The molecule has 90 valence electrons. The van der Waals surface area contributed by atoms with Crippen LogP contribution in [0.4, 0.5) is 0 Å². The Bertz CT molecular complexity index is 334. The maximum absolute atomic E-state index is 11.7. The van der Waals surface area contributed by atoms with E-state index in [1.807, 2.05) is 20.0 Å². The monoisotopic (exact) mass is 287 g/mol. The molecule has 0 radical (unpaired) electrons. The van der Waals surface area contributed by atoms with Gasteiger partial charge in [0.2, 0.25) is 5.91 Å². The van der Waals surface area contributed by atoms with Crippen LogP contribution in [0.15, 0.2) is 16.9 Å². The highest BCUT2D eigenvalue weighted by molar-refractivity contribution is 9.10. The quantitative estimate of drug-likeness (QED) is 0.872. The van der Waals surface area contributed by atoms with Crippen LogP contribution in [-0.2, 0) is 11.3 Å². The molecule has 4 nitrogen and oxygen atoms in total. The number of nitrogens with zero attached hydrogens (tertiary/aromatic N) is 2. The van der Waals surface area contributed by atoms with Crippen molar-refractivity contribution in [3.05, 3.63) is 16.9 Å². The van der Waals surface area contributed by atoms with Gasteiger partial charge in [0.1, 0.15) is 0 Å². The molecule has 1 aromatic heterocycles. The van der Waals surface area contributed by atoms with E-state index < -0.39 is 0 Å². The van der Waals surface area contributed by atoms with E-state index in [0.29, 0.717) is 13.1 Å². The average Bonchev–Trinajstić information content (AvgIpc) is 2.66. The highest BCUT2D eigenvalue weighted by Gasteiger charge is 2.12. The molecule has 0 aliphatic rings. The summed E-state index contributed by atoms with van der Waals surface area (Å²) in [6, 6.07) is 0. The number of nitrogens with one attached hydrogen (secondary N) is 1. The van der Waals surface area contributed by atoms with Crippen LogP contribution in [0.5, 0.6) is 0 Å². The van der Waals surface area contributed by atoms with E-state index >= 15 is 0 Å². The van der Waals surface area contributed by atoms with E-state index in [2.05, 4.69) is 26.3 Å². The summed E-state index contributed by atoms with van der Waals surface area (Å²) >= 11 is 3.33. The SMILES string of the molecule is CCC(CC)C(=O)NCCn1cc(Br)cn1. The van der Waals surface area contributed by atoms with Crippen molar-refractivity contribution in [2.24, 2.45) is 5.92 Å². The van der Waals surface area contributed by atoms with Crippen LogP contribution in [0.3, 0.4) is 0 Å². The van der Waals surface area contributed by atoms with Crippen LogP contribution in [0.1, 0.15) is 26.7 Å². The van der Waals surface area contributed by atoms with E-state index in [0.717, 1.165) is 17.3 Å². The number of aromatic nitrogens is 2. The zero-order valence-electron chi connectivity index (χ0n) is 9.74. The molecule has 16 heavy (non-hydrogen) atoms. The molecular weight excluding hydrogens is 270 g/mol. The summed E-state index contributed by atoms with van der Waals surface area (Å²) in [7, 11) is 0. The van der Waals surface area contributed by atoms with Gasteiger partial charge in [0, 0.05) is 18.7 Å². The number of rotatable bonds is 6. The second-order valence-electron chi connectivity index (χ2n) is 3.73. The smallest absolute Gasteiger partial charge is 0.223 e. The van der Waals surface area contributed by atoms with Crippen molar-refractivity contribution in [3.8, 4) is 0 Å². The minimum atomic E-state index is 0.143. The third-order valence-electron chi connectivity index (χ3n) is 2.60. The molecule has 1 amide bonds. The van der Waals surface area contributed by atoms with Gasteiger partial charge in [0.15, 0.2) is 0 Å². The third-order valence-corrected chi connectivity index (χ3v) is 3.01. The molecule has 0 fully saturated rings. The van der Waals surface area contributed by atoms with Gasteiger partial charge in [-0.3, -0.25) is 9.48 Å². The average molecular weight is 288 g/mol. The lowest BCUT2D eigenvalue weighted by atomic mass is 10.0. The standard InChI is InChI=1S/C11H18BrN3O/c1-3-9(4-2)11(16)13-5-6-15-8-10(12)7-14-15/h7-9H,3-6H2,1-2H3,(H,13,16). The summed E-state index contributed by atoms with van der Waals surface area (Å²) in [6.07, 6.45) is 5.43. The van der Waals surface area contributed by atoms with Gasteiger partial charge in [-0.15, -0.1) is 0 Å². The first kappa shape index (κ1) is 13.2. The number of hydrogen-bond donors (Lipinski definition) is 1. The molecule has 1 aromatic rings. The summed E-state index contributed by atoms with van der Waals surface area (Å²) in [5.74, 6) is 0.292. The van der Waals surface area contributed by atoms with Crippen molar-refractivity contribution in [1.82, 2.24) is 15.1 Å². The maximum atomic E-state index is 11.7. The predicted molar refractivity (Wildman–Crippen MR) is 67.0 cm³/mol. The molecule has 0 aliphatic carbocycles. The van der Waals surface area contributed by atoms with Gasteiger partial charge < -0.3 is 5.32 Å². The zero-order chi connectivity index (χ0) is 12.0. The fraction of sp³-hybridized carbons (Fsp3) is 0.636. The molecule has 0 saturated heterocycles. The highest BCUT2D eigenvalue weighted by Crippen LogP contribution is 2.07. The van der Waals surface area contributed by atoms with Crippen LogP contribution in [0.2, 0.25) is 0 Å². The lowest BCUT2D eigenvalue weighted by molar-refractivity contribution is -0.125. The minimum absolute atomic E-state index is 0.143. The summed E-state index contributed by atoms with van der Waals surface area (Å²) in [4.78, 5) is 11.7. The van der Waals surface area contributed by atoms with Crippen LogP contribution in [-0.4, -0.2) is 22.2 Å². The van der Waals surface area contributed by atoms with Crippen LogP contribution >= 0.6 is 15.9 Å². The van der Waals surface area contributed by atoms with Crippen molar-refractivity contribution >= 4 is 21.8 Å². The number of amides is 1. The molecule has 0 saturated carbocycles. The van der Waals surface area contributed by atoms with E-state index in [1.54, 1.807) is 10.9 Å². The van der Waals surface area contributed by atoms with Gasteiger partial charge in [-0.2, -0.15) is 5.10 Å². The zero-order valence-corrected chi connectivity index (χ0v) is 11.3. The van der Waals surface area contributed by atoms with Crippen molar-refractivity contribution in [2.45, 2.75) is 33.2 Å². The first-order valence-corrected chi connectivity index (χ1v) is 6.42. The van der Waals surface area contributed by atoms with Gasteiger partial charge in [0.05, 0.1) is 17.2 Å². The Hall–Kier alpha value is -0.840. The molecule has 0 bridgehead atoms. The van der Waals surface area contributed by atoms with Crippen LogP contribution in [0, 0.1) is 5.92 Å². The van der Waals surface area contributed by atoms with E-state index in [9.17, 15) is 4.79 Å². The minimum Gasteiger partial charge on any atom is -0.354 e. The van der Waals surface area contributed by atoms with Gasteiger partial charge in [-0.25, -0.2) is 0 Å². The molecular formula is C11H18BrN3O. The van der Waals surface area contributed by atoms with Gasteiger partial charge >= 0.3 is 0 Å².